The molecule has 126 valence electrons. The minimum atomic E-state index is -2.13. The minimum absolute atomic E-state index is 0.00591. The van der Waals surface area contributed by atoms with E-state index in [9.17, 15) is 9.59 Å². The number of hydrogen-bond donors (Lipinski definition) is 0. The fourth-order valence-corrected chi connectivity index (χ4v) is 8.52. The third-order valence-electron chi connectivity index (χ3n) is 4.36. The number of methoxy groups -OCH3 is 1. The Kier molecular flexibility index (Phi) is 6.12. The van der Waals surface area contributed by atoms with Crippen molar-refractivity contribution in [3.05, 3.63) is 35.9 Å². The van der Waals surface area contributed by atoms with Crippen molar-refractivity contribution in [1.82, 2.24) is 4.90 Å². The van der Waals surface area contributed by atoms with Gasteiger partial charge in [-0.15, -0.1) is 0 Å². The summed E-state index contributed by atoms with van der Waals surface area (Å²) in [5.74, 6) is 0.0936. The first-order valence-electron chi connectivity index (χ1n) is 8.19. The van der Waals surface area contributed by atoms with Crippen LogP contribution < -0.4 is 0 Å². The van der Waals surface area contributed by atoms with E-state index in [1.54, 1.807) is 0 Å². The van der Waals surface area contributed by atoms with Crippen molar-refractivity contribution in [2.24, 2.45) is 11.8 Å². The maximum atomic E-state index is 12.9. The molecule has 1 heterocycles. The van der Waals surface area contributed by atoms with Crippen LogP contribution in [0.4, 0.5) is 0 Å². The molecule has 5 heteroatoms. The van der Waals surface area contributed by atoms with Crippen LogP contribution in [0.5, 0.6) is 0 Å². The van der Waals surface area contributed by atoms with Crippen LogP contribution in [-0.2, 0) is 20.9 Å². The normalized spacial score (nSPS) is 21.6. The van der Waals surface area contributed by atoms with Crippen molar-refractivity contribution in [2.75, 3.05) is 13.7 Å². The number of rotatable bonds is 6. The van der Waals surface area contributed by atoms with Gasteiger partial charge in [0.15, 0.2) is 0 Å². The van der Waals surface area contributed by atoms with E-state index in [-0.39, 0.29) is 23.7 Å². The number of hydrogen-bond acceptors (Lipinski definition) is 3. The third kappa shape index (κ3) is 5.23. The first kappa shape index (κ1) is 18.3. The van der Waals surface area contributed by atoms with Crippen LogP contribution in [0.2, 0.25) is 19.3 Å². The van der Waals surface area contributed by atoms with Crippen LogP contribution in [0, 0.1) is 11.8 Å². The molecule has 0 aliphatic carbocycles. The Morgan fingerprint density at radius 3 is 2.48 bits per heavy atom. The van der Waals surface area contributed by atoms with Gasteiger partial charge in [-0.3, -0.25) is 0 Å². The molecule has 0 saturated carbocycles. The molecule has 1 amide bonds. The second-order valence-corrected chi connectivity index (χ2v) is 23.4. The van der Waals surface area contributed by atoms with E-state index >= 15 is 0 Å². The second-order valence-electron chi connectivity index (χ2n) is 7.62. The number of nitrogens with zero attached hydrogens (tertiary/aromatic N) is 1. The van der Waals surface area contributed by atoms with Gasteiger partial charge in [-0.2, -0.15) is 0 Å². The molecule has 0 bridgehead atoms. The van der Waals surface area contributed by atoms with Gasteiger partial charge in [0.25, 0.3) is 0 Å². The Bertz CT molecular complexity index is 553. The van der Waals surface area contributed by atoms with E-state index in [1.165, 1.54) is 7.11 Å². The third-order valence-corrected chi connectivity index (χ3v) is 9.11. The van der Waals surface area contributed by atoms with Crippen molar-refractivity contribution >= 4 is 30.3 Å². The average Bonchev–Trinajstić information content (AvgIpc) is 2.75. The second kappa shape index (κ2) is 7.69. The van der Waals surface area contributed by atoms with Gasteiger partial charge in [0, 0.05) is 0 Å². The summed E-state index contributed by atoms with van der Waals surface area (Å²) in [7, 11) is 1.42. The Morgan fingerprint density at radius 1 is 1.26 bits per heavy atom. The summed E-state index contributed by atoms with van der Waals surface area (Å²) >= 11 is -2.13. The van der Waals surface area contributed by atoms with Crippen LogP contribution in [0.25, 0.3) is 0 Å². The van der Waals surface area contributed by atoms with Gasteiger partial charge in [-0.1, -0.05) is 0 Å². The number of amides is 1. The van der Waals surface area contributed by atoms with E-state index in [2.05, 4.69) is 14.8 Å². The average molecular weight is 424 g/mol. The molecule has 0 unspecified atom stereocenters. The predicted molar refractivity (Wildman–Crippen MR) is 93.6 cm³/mol. The molecule has 0 aromatic heterocycles. The van der Waals surface area contributed by atoms with Crippen LogP contribution in [-0.4, -0.2) is 48.8 Å². The first-order valence-corrected chi connectivity index (χ1v) is 18.8. The molecular formula is C18H27NO3Sn. The van der Waals surface area contributed by atoms with Gasteiger partial charge in [0.2, 0.25) is 0 Å². The van der Waals surface area contributed by atoms with E-state index < -0.39 is 18.4 Å². The van der Waals surface area contributed by atoms with Crippen LogP contribution >= 0.6 is 0 Å². The molecule has 1 aliphatic rings. The van der Waals surface area contributed by atoms with Crippen LogP contribution in [0.15, 0.2) is 30.3 Å². The van der Waals surface area contributed by atoms with E-state index in [1.807, 2.05) is 35.2 Å². The summed E-state index contributed by atoms with van der Waals surface area (Å²) in [4.78, 5) is 33.5. The standard InChI is InChI=1S/C15H18NO3.3CH3.Sn/c1-11-13(8-14(17)19-2)10-16(15(11)18)9-12-6-4-3-5-7-12;;;;/h3-7,11,13H,1,8-10H2,2H3;3*1H3;/t11-,13+;;;;/m0..../s1. The molecule has 0 spiro atoms. The van der Waals surface area contributed by atoms with Gasteiger partial charge >= 0.3 is 143 Å². The molecule has 1 fully saturated rings. The predicted octanol–water partition coefficient (Wildman–Crippen LogP) is 3.16. The SMILES string of the molecule is COC(=O)C[C@@H]1CN(Cc2ccccc2)C(=O)[C@H]1[CH2][Sn]([CH3])([CH3])[CH3]. The summed E-state index contributed by atoms with van der Waals surface area (Å²) in [5, 5.41) is 0. The first-order chi connectivity index (χ1) is 10.8. The van der Waals surface area contributed by atoms with E-state index in [0.717, 1.165) is 10.0 Å². The molecular weight excluding hydrogens is 397 g/mol. The molecule has 1 aromatic rings. The molecule has 1 aromatic carbocycles. The number of benzene rings is 1. The van der Waals surface area contributed by atoms with Gasteiger partial charge < -0.3 is 0 Å². The Morgan fingerprint density at radius 2 is 1.91 bits per heavy atom. The zero-order chi connectivity index (χ0) is 17.0. The molecule has 0 N–H and O–H groups in total. The molecule has 1 saturated heterocycles. The Labute approximate surface area is 143 Å². The molecule has 1 aliphatic heterocycles. The zero-order valence-electron chi connectivity index (χ0n) is 14.5. The fourth-order valence-electron chi connectivity index (χ4n) is 3.30. The molecule has 23 heavy (non-hydrogen) atoms. The number of carbonyl (C=O) groups is 2. The van der Waals surface area contributed by atoms with Crippen LogP contribution in [0.1, 0.15) is 12.0 Å². The van der Waals surface area contributed by atoms with Crippen molar-refractivity contribution in [3.8, 4) is 0 Å². The number of likely N-dealkylation sites (tertiary alicyclic amines) is 1. The fraction of sp³-hybridized carbons (Fsp3) is 0.556. The molecule has 4 nitrogen and oxygen atoms in total. The quantitative estimate of drug-likeness (QED) is 0.521. The molecule has 2 rings (SSSR count). The number of carbonyl (C=O) groups excluding carboxylic acids is 2. The summed E-state index contributed by atoms with van der Waals surface area (Å²) in [6.07, 6.45) is 0.347. The van der Waals surface area contributed by atoms with Gasteiger partial charge in [0.1, 0.15) is 0 Å². The zero-order valence-corrected chi connectivity index (χ0v) is 17.4. The maximum absolute atomic E-state index is 12.9. The van der Waals surface area contributed by atoms with Gasteiger partial charge in [0.05, 0.1) is 0 Å². The summed E-state index contributed by atoms with van der Waals surface area (Å²) in [5.41, 5.74) is 1.14. The number of ether oxygens (including phenoxy) is 1. The summed E-state index contributed by atoms with van der Waals surface area (Å²) < 4.78 is 5.83. The summed E-state index contributed by atoms with van der Waals surface area (Å²) in [6, 6.07) is 10.0. The van der Waals surface area contributed by atoms with Gasteiger partial charge in [-0.05, 0) is 0 Å². The van der Waals surface area contributed by atoms with E-state index in [0.29, 0.717) is 19.5 Å². The molecule has 0 radical (unpaired) electrons. The molecule has 2 atom stereocenters. The number of esters is 1. The van der Waals surface area contributed by atoms with Crippen LogP contribution in [0.3, 0.4) is 0 Å². The van der Waals surface area contributed by atoms with E-state index in [4.69, 9.17) is 4.74 Å². The monoisotopic (exact) mass is 425 g/mol. The topological polar surface area (TPSA) is 46.6 Å². The Balaban J connectivity index is 2.13. The van der Waals surface area contributed by atoms with Crippen molar-refractivity contribution in [1.29, 1.82) is 0 Å². The summed E-state index contributed by atoms with van der Waals surface area (Å²) in [6.45, 7) is 1.29. The van der Waals surface area contributed by atoms with Crippen molar-refractivity contribution < 1.29 is 14.3 Å². The van der Waals surface area contributed by atoms with Crippen molar-refractivity contribution in [2.45, 2.75) is 32.2 Å². The Hall–Kier alpha value is -1.04. The van der Waals surface area contributed by atoms with Crippen molar-refractivity contribution in [3.63, 3.8) is 0 Å². The van der Waals surface area contributed by atoms with Gasteiger partial charge in [-0.25, -0.2) is 0 Å².